The highest BCUT2D eigenvalue weighted by Gasteiger charge is 2.37. The third kappa shape index (κ3) is 13.5. The van der Waals surface area contributed by atoms with Gasteiger partial charge in [0.2, 0.25) is 0 Å². The Balaban J connectivity index is 1.77. The van der Waals surface area contributed by atoms with E-state index < -0.39 is 24.4 Å². The standard InChI is InChI=1S/C24H46O5/c1-2-3-4-5-6-7-8-9-10-11-12-13-14-15-16-17-18-28-20-22-24(27)23(26)21(25)19-29-22/h4-5,21-27H,2-3,6-20H2,1H3/b5-4+/t21-,22+,23+,24+/m1/s1. The number of allylic oxidation sites excluding steroid dienone is 2. The predicted molar refractivity (Wildman–Crippen MR) is 118 cm³/mol. The average molecular weight is 415 g/mol. The van der Waals surface area contributed by atoms with Crippen molar-refractivity contribution in [2.24, 2.45) is 0 Å². The maximum Gasteiger partial charge on any atom is 0.111 e. The van der Waals surface area contributed by atoms with Crippen LogP contribution in [0.5, 0.6) is 0 Å². The molecule has 3 N–H and O–H groups in total. The molecule has 0 saturated carbocycles. The molecule has 172 valence electrons. The van der Waals surface area contributed by atoms with E-state index in [-0.39, 0.29) is 13.2 Å². The number of unbranched alkanes of at least 4 members (excludes halogenated alkanes) is 12. The fourth-order valence-corrected chi connectivity index (χ4v) is 3.67. The van der Waals surface area contributed by atoms with Gasteiger partial charge in [-0.2, -0.15) is 0 Å². The van der Waals surface area contributed by atoms with Crippen molar-refractivity contribution in [2.45, 2.75) is 121 Å². The lowest BCUT2D eigenvalue weighted by Crippen LogP contribution is -2.54. The Morgan fingerprint density at radius 2 is 1.31 bits per heavy atom. The molecule has 0 spiro atoms. The number of ether oxygens (including phenoxy) is 2. The molecule has 0 aromatic carbocycles. The summed E-state index contributed by atoms with van der Waals surface area (Å²) in [6.07, 6.45) is 18.9. The summed E-state index contributed by atoms with van der Waals surface area (Å²) in [5.74, 6) is 0. The van der Waals surface area contributed by atoms with Crippen molar-refractivity contribution >= 4 is 0 Å². The number of aliphatic hydroxyl groups is 3. The first kappa shape index (κ1) is 26.6. The average Bonchev–Trinajstić information content (AvgIpc) is 2.72. The van der Waals surface area contributed by atoms with Crippen molar-refractivity contribution in [1.82, 2.24) is 0 Å². The van der Waals surface area contributed by atoms with Crippen molar-refractivity contribution in [1.29, 1.82) is 0 Å². The predicted octanol–water partition coefficient (Wildman–Crippen LogP) is 4.52. The van der Waals surface area contributed by atoms with Crippen molar-refractivity contribution in [2.75, 3.05) is 19.8 Å². The second kappa shape index (κ2) is 18.3. The molecule has 0 aliphatic carbocycles. The Bertz CT molecular complexity index is 387. The summed E-state index contributed by atoms with van der Waals surface area (Å²) in [4.78, 5) is 0. The minimum Gasteiger partial charge on any atom is -0.388 e. The van der Waals surface area contributed by atoms with Crippen LogP contribution < -0.4 is 0 Å². The molecule has 0 unspecified atom stereocenters. The molecule has 0 bridgehead atoms. The first-order chi connectivity index (χ1) is 14.2. The third-order valence-corrected chi connectivity index (χ3v) is 5.67. The van der Waals surface area contributed by atoms with Crippen LogP contribution in [0.2, 0.25) is 0 Å². The van der Waals surface area contributed by atoms with Gasteiger partial charge < -0.3 is 24.8 Å². The highest BCUT2D eigenvalue weighted by atomic mass is 16.6. The Morgan fingerprint density at radius 1 is 0.759 bits per heavy atom. The highest BCUT2D eigenvalue weighted by Crippen LogP contribution is 2.16. The second-order valence-electron chi connectivity index (χ2n) is 8.43. The molecular formula is C24H46O5. The van der Waals surface area contributed by atoms with E-state index in [0.717, 1.165) is 6.42 Å². The van der Waals surface area contributed by atoms with Gasteiger partial charge >= 0.3 is 0 Å². The molecule has 1 aliphatic heterocycles. The highest BCUT2D eigenvalue weighted by molar-refractivity contribution is 4.86. The summed E-state index contributed by atoms with van der Waals surface area (Å²) in [6.45, 7) is 3.18. The zero-order valence-corrected chi connectivity index (χ0v) is 18.6. The van der Waals surface area contributed by atoms with Crippen LogP contribution in [0.4, 0.5) is 0 Å². The summed E-state index contributed by atoms with van der Waals surface area (Å²) in [5.41, 5.74) is 0. The van der Waals surface area contributed by atoms with Crippen LogP contribution in [-0.2, 0) is 9.47 Å². The molecular weight excluding hydrogens is 368 g/mol. The van der Waals surface area contributed by atoms with Crippen LogP contribution in [0.15, 0.2) is 12.2 Å². The maximum absolute atomic E-state index is 9.83. The van der Waals surface area contributed by atoms with E-state index in [1.54, 1.807) is 0 Å². The minimum atomic E-state index is -1.15. The van der Waals surface area contributed by atoms with Gasteiger partial charge in [0.05, 0.1) is 13.2 Å². The molecule has 5 nitrogen and oxygen atoms in total. The number of aliphatic hydroxyl groups excluding tert-OH is 3. The van der Waals surface area contributed by atoms with Crippen molar-refractivity contribution in [3.63, 3.8) is 0 Å². The lowest BCUT2D eigenvalue weighted by atomic mass is 10.0. The molecule has 1 fully saturated rings. The summed E-state index contributed by atoms with van der Waals surface area (Å²) in [5, 5.41) is 28.9. The van der Waals surface area contributed by atoms with Crippen LogP contribution in [-0.4, -0.2) is 59.6 Å². The van der Waals surface area contributed by atoms with E-state index in [1.165, 1.54) is 83.5 Å². The Kier molecular flexibility index (Phi) is 16.8. The molecule has 1 rings (SSSR count). The van der Waals surface area contributed by atoms with Gasteiger partial charge in [-0.25, -0.2) is 0 Å². The summed E-state index contributed by atoms with van der Waals surface area (Å²) >= 11 is 0. The molecule has 0 aromatic heterocycles. The number of hydrogen-bond acceptors (Lipinski definition) is 5. The van der Waals surface area contributed by atoms with Crippen molar-refractivity contribution < 1.29 is 24.8 Å². The molecule has 1 heterocycles. The van der Waals surface area contributed by atoms with Crippen LogP contribution in [0.25, 0.3) is 0 Å². The first-order valence-electron chi connectivity index (χ1n) is 12.0. The van der Waals surface area contributed by atoms with Gasteiger partial charge in [0.15, 0.2) is 0 Å². The zero-order valence-electron chi connectivity index (χ0n) is 18.6. The van der Waals surface area contributed by atoms with Gasteiger partial charge in [0.25, 0.3) is 0 Å². The fraction of sp³-hybridized carbons (Fsp3) is 0.917. The SMILES string of the molecule is CCC/C=C/CCCCCCCCCCCCCOC[C@@H]1OC[C@@H](O)[C@H](O)[C@H]1O. The summed E-state index contributed by atoms with van der Waals surface area (Å²) in [7, 11) is 0. The Labute approximate surface area is 178 Å². The normalized spacial score (nSPS) is 25.1. The molecule has 5 heteroatoms. The second-order valence-corrected chi connectivity index (χ2v) is 8.43. The maximum atomic E-state index is 9.83. The Hall–Kier alpha value is -0.460. The van der Waals surface area contributed by atoms with Crippen molar-refractivity contribution in [3.8, 4) is 0 Å². The largest absolute Gasteiger partial charge is 0.388 e. The van der Waals surface area contributed by atoms with E-state index in [0.29, 0.717) is 6.61 Å². The zero-order chi connectivity index (χ0) is 21.2. The number of hydrogen-bond donors (Lipinski definition) is 3. The summed E-state index contributed by atoms with van der Waals surface area (Å²) < 4.78 is 10.9. The van der Waals surface area contributed by atoms with Gasteiger partial charge in [-0.1, -0.05) is 83.3 Å². The fourth-order valence-electron chi connectivity index (χ4n) is 3.67. The van der Waals surface area contributed by atoms with Crippen LogP contribution in [0.3, 0.4) is 0 Å². The lowest BCUT2D eigenvalue weighted by molar-refractivity contribution is -0.199. The van der Waals surface area contributed by atoms with E-state index in [2.05, 4.69) is 19.1 Å². The topological polar surface area (TPSA) is 79.2 Å². The van der Waals surface area contributed by atoms with E-state index in [4.69, 9.17) is 9.47 Å². The molecule has 0 radical (unpaired) electrons. The Morgan fingerprint density at radius 3 is 1.93 bits per heavy atom. The van der Waals surface area contributed by atoms with E-state index >= 15 is 0 Å². The van der Waals surface area contributed by atoms with Gasteiger partial charge in [0, 0.05) is 6.61 Å². The van der Waals surface area contributed by atoms with Gasteiger partial charge in [0.1, 0.15) is 24.4 Å². The smallest absolute Gasteiger partial charge is 0.111 e. The minimum absolute atomic E-state index is 0.0443. The molecule has 1 saturated heterocycles. The van der Waals surface area contributed by atoms with Crippen LogP contribution >= 0.6 is 0 Å². The molecule has 29 heavy (non-hydrogen) atoms. The number of rotatable bonds is 18. The quantitative estimate of drug-likeness (QED) is 0.227. The monoisotopic (exact) mass is 414 g/mol. The van der Waals surface area contributed by atoms with Gasteiger partial charge in [-0.15, -0.1) is 0 Å². The van der Waals surface area contributed by atoms with Gasteiger partial charge in [-0.05, 0) is 25.7 Å². The van der Waals surface area contributed by atoms with Crippen molar-refractivity contribution in [3.05, 3.63) is 12.2 Å². The van der Waals surface area contributed by atoms with E-state index in [9.17, 15) is 15.3 Å². The van der Waals surface area contributed by atoms with Gasteiger partial charge in [-0.3, -0.25) is 0 Å². The summed E-state index contributed by atoms with van der Waals surface area (Å²) in [6, 6.07) is 0. The van der Waals surface area contributed by atoms with Crippen LogP contribution in [0.1, 0.15) is 96.8 Å². The first-order valence-corrected chi connectivity index (χ1v) is 12.0. The molecule has 1 aliphatic rings. The lowest BCUT2D eigenvalue weighted by Gasteiger charge is -2.35. The van der Waals surface area contributed by atoms with Crippen LogP contribution in [0, 0.1) is 0 Å². The molecule has 0 amide bonds. The molecule has 4 atom stereocenters. The van der Waals surface area contributed by atoms with E-state index in [1.807, 2.05) is 0 Å². The molecule has 0 aromatic rings. The third-order valence-electron chi connectivity index (χ3n) is 5.67.